The van der Waals surface area contributed by atoms with Crippen molar-refractivity contribution in [2.45, 2.75) is 18.8 Å². The minimum Gasteiger partial charge on any atom is -0.358 e. The maximum atomic E-state index is 12.7. The molecule has 1 heterocycles. The van der Waals surface area contributed by atoms with E-state index < -0.39 is 0 Å². The molecule has 0 spiro atoms. The van der Waals surface area contributed by atoms with Crippen LogP contribution in [-0.4, -0.2) is 10.8 Å². The molecule has 1 aromatic heterocycles. The van der Waals surface area contributed by atoms with Gasteiger partial charge in [-0.1, -0.05) is 40.9 Å². The maximum Gasteiger partial charge on any atom is 0.200 e. The lowest BCUT2D eigenvalue weighted by atomic mass is 9.81. The lowest BCUT2D eigenvalue weighted by Crippen LogP contribution is -2.27. The summed E-state index contributed by atoms with van der Waals surface area (Å²) in [6.07, 6.45) is 0.826. The number of Topliss-reactive ketones (excluding diaryl/α,β-unsaturated/α-hetero) is 1. The van der Waals surface area contributed by atoms with Crippen LogP contribution in [0.5, 0.6) is 0 Å². The van der Waals surface area contributed by atoms with Crippen LogP contribution < -0.4 is 5.43 Å². The van der Waals surface area contributed by atoms with Crippen molar-refractivity contribution < 1.29 is 4.79 Å². The molecule has 1 atom stereocenters. The predicted molar refractivity (Wildman–Crippen MR) is 101 cm³/mol. The molecular weight excluding hydrogens is 381 g/mol. The van der Waals surface area contributed by atoms with Crippen LogP contribution in [0.3, 0.4) is 0 Å². The van der Waals surface area contributed by atoms with Crippen molar-refractivity contribution in [1.82, 2.24) is 4.98 Å². The number of pyridine rings is 1. The first-order valence-electron chi connectivity index (χ1n) is 7.76. The van der Waals surface area contributed by atoms with E-state index in [4.69, 9.17) is 34.8 Å². The van der Waals surface area contributed by atoms with Crippen LogP contribution in [0, 0.1) is 0 Å². The van der Waals surface area contributed by atoms with Crippen LogP contribution in [-0.2, 0) is 6.42 Å². The molecule has 0 saturated carbocycles. The van der Waals surface area contributed by atoms with Gasteiger partial charge in [0.1, 0.15) is 0 Å². The Morgan fingerprint density at radius 1 is 0.920 bits per heavy atom. The van der Waals surface area contributed by atoms with Crippen molar-refractivity contribution in [2.75, 3.05) is 0 Å². The van der Waals surface area contributed by atoms with E-state index in [0.717, 1.165) is 5.56 Å². The first-order valence-corrected chi connectivity index (χ1v) is 8.90. The number of rotatable bonds is 1. The minimum atomic E-state index is -0.260. The molecule has 1 aliphatic carbocycles. The number of aromatic amines is 1. The second kappa shape index (κ2) is 6.17. The quantitative estimate of drug-likeness (QED) is 0.602. The summed E-state index contributed by atoms with van der Waals surface area (Å²) in [5.41, 5.74) is 2.25. The number of H-pyrrole nitrogens is 1. The number of carbonyl (C=O) groups is 1. The standard InChI is InChI=1S/C19H12Cl3NO2/c20-11-2-4-15-12(8-11)19(25)18-16(23-15)6-10(7-17(18)24)9-1-3-13(21)14(22)5-9/h1-5,8,10H,6-7H2,(H,23,25). The largest absolute Gasteiger partial charge is 0.358 e. The zero-order valence-electron chi connectivity index (χ0n) is 12.9. The number of nitrogens with one attached hydrogen (secondary N) is 1. The first-order chi connectivity index (χ1) is 11.9. The average Bonchev–Trinajstić information content (AvgIpc) is 2.57. The summed E-state index contributed by atoms with van der Waals surface area (Å²) in [6.45, 7) is 0. The monoisotopic (exact) mass is 391 g/mol. The van der Waals surface area contributed by atoms with E-state index >= 15 is 0 Å². The minimum absolute atomic E-state index is 0.0461. The Balaban J connectivity index is 1.84. The number of ketones is 1. The van der Waals surface area contributed by atoms with E-state index in [-0.39, 0.29) is 29.1 Å². The molecule has 0 amide bonds. The van der Waals surface area contributed by atoms with Crippen LogP contribution >= 0.6 is 34.8 Å². The lowest BCUT2D eigenvalue weighted by Gasteiger charge is -2.24. The van der Waals surface area contributed by atoms with Gasteiger partial charge in [0.2, 0.25) is 5.43 Å². The van der Waals surface area contributed by atoms with Crippen molar-refractivity contribution in [1.29, 1.82) is 0 Å². The molecule has 0 bridgehead atoms. The van der Waals surface area contributed by atoms with Crippen LogP contribution in [0.2, 0.25) is 15.1 Å². The van der Waals surface area contributed by atoms with Crippen LogP contribution in [0.4, 0.5) is 0 Å². The van der Waals surface area contributed by atoms with Gasteiger partial charge in [-0.3, -0.25) is 9.59 Å². The molecule has 126 valence electrons. The van der Waals surface area contributed by atoms with E-state index in [1.165, 1.54) is 0 Å². The van der Waals surface area contributed by atoms with Gasteiger partial charge >= 0.3 is 0 Å². The zero-order valence-corrected chi connectivity index (χ0v) is 15.2. The third kappa shape index (κ3) is 2.86. The number of benzene rings is 2. The second-order valence-corrected chi connectivity index (χ2v) is 7.45. The summed E-state index contributed by atoms with van der Waals surface area (Å²) >= 11 is 18.1. The zero-order chi connectivity index (χ0) is 17.7. The Bertz CT molecular complexity index is 1090. The van der Waals surface area contributed by atoms with E-state index in [9.17, 15) is 9.59 Å². The molecule has 0 aliphatic heterocycles. The molecule has 2 aromatic carbocycles. The van der Waals surface area contributed by atoms with Gasteiger partial charge < -0.3 is 4.98 Å². The summed E-state index contributed by atoms with van der Waals surface area (Å²) in [5, 5.41) is 1.84. The summed E-state index contributed by atoms with van der Waals surface area (Å²) in [7, 11) is 0. The summed E-state index contributed by atoms with van der Waals surface area (Å²) in [5.74, 6) is -0.212. The highest BCUT2D eigenvalue weighted by molar-refractivity contribution is 6.42. The highest BCUT2D eigenvalue weighted by Crippen LogP contribution is 2.34. The molecule has 1 unspecified atom stereocenters. The number of aromatic nitrogens is 1. The molecular formula is C19H12Cl3NO2. The topological polar surface area (TPSA) is 49.9 Å². The Kier molecular flexibility index (Phi) is 4.11. The second-order valence-electron chi connectivity index (χ2n) is 6.20. The summed E-state index contributed by atoms with van der Waals surface area (Å²) in [4.78, 5) is 28.6. The van der Waals surface area contributed by atoms with E-state index in [1.807, 2.05) is 6.07 Å². The molecule has 0 saturated heterocycles. The van der Waals surface area contributed by atoms with Crippen molar-refractivity contribution >= 4 is 51.5 Å². The molecule has 1 N–H and O–H groups in total. The molecule has 0 radical (unpaired) electrons. The van der Waals surface area contributed by atoms with Crippen molar-refractivity contribution in [3.63, 3.8) is 0 Å². The van der Waals surface area contributed by atoms with Crippen molar-refractivity contribution in [3.05, 3.63) is 78.5 Å². The molecule has 3 aromatic rings. The number of hydrogen-bond acceptors (Lipinski definition) is 2. The highest BCUT2D eigenvalue weighted by atomic mass is 35.5. The van der Waals surface area contributed by atoms with Crippen LogP contribution in [0.1, 0.15) is 34.0 Å². The molecule has 3 nitrogen and oxygen atoms in total. The predicted octanol–water partition coefficient (Wildman–Crippen LogP) is 5.40. The average molecular weight is 393 g/mol. The molecule has 1 aliphatic rings. The van der Waals surface area contributed by atoms with Crippen molar-refractivity contribution in [2.24, 2.45) is 0 Å². The van der Waals surface area contributed by atoms with E-state index in [2.05, 4.69) is 4.98 Å². The van der Waals surface area contributed by atoms with Gasteiger partial charge in [0.15, 0.2) is 5.78 Å². The van der Waals surface area contributed by atoms with Gasteiger partial charge in [-0.2, -0.15) is 0 Å². The van der Waals surface area contributed by atoms with Gasteiger partial charge in [-0.15, -0.1) is 0 Å². The smallest absolute Gasteiger partial charge is 0.200 e. The van der Waals surface area contributed by atoms with Gasteiger partial charge in [-0.25, -0.2) is 0 Å². The number of fused-ring (bicyclic) bond motifs is 2. The third-order valence-electron chi connectivity index (χ3n) is 4.62. The Morgan fingerprint density at radius 2 is 1.72 bits per heavy atom. The SMILES string of the molecule is O=C1CC(c2ccc(Cl)c(Cl)c2)Cc2[nH]c3ccc(Cl)cc3c(=O)c21. The molecule has 25 heavy (non-hydrogen) atoms. The number of carbonyl (C=O) groups excluding carboxylic acids is 1. The first kappa shape index (κ1) is 16.6. The maximum absolute atomic E-state index is 12.7. The fraction of sp³-hybridized carbons (Fsp3) is 0.158. The van der Waals surface area contributed by atoms with Crippen LogP contribution in [0.15, 0.2) is 41.2 Å². The van der Waals surface area contributed by atoms with Gasteiger partial charge in [0, 0.05) is 28.0 Å². The molecule has 4 rings (SSSR count). The number of hydrogen-bond donors (Lipinski definition) is 1. The van der Waals surface area contributed by atoms with Gasteiger partial charge in [0.05, 0.1) is 15.6 Å². The fourth-order valence-electron chi connectivity index (χ4n) is 3.40. The third-order valence-corrected chi connectivity index (χ3v) is 5.59. The summed E-state index contributed by atoms with van der Waals surface area (Å²) < 4.78 is 0. The van der Waals surface area contributed by atoms with Crippen molar-refractivity contribution in [3.8, 4) is 0 Å². The van der Waals surface area contributed by atoms with Crippen LogP contribution in [0.25, 0.3) is 10.9 Å². The molecule has 6 heteroatoms. The van der Waals surface area contributed by atoms with E-state index in [1.54, 1.807) is 30.3 Å². The van der Waals surface area contributed by atoms with E-state index in [0.29, 0.717) is 38.1 Å². The summed E-state index contributed by atoms with van der Waals surface area (Å²) in [6, 6.07) is 10.4. The Morgan fingerprint density at radius 3 is 2.48 bits per heavy atom. The highest BCUT2D eigenvalue weighted by Gasteiger charge is 2.30. The number of halogens is 3. The fourth-order valence-corrected chi connectivity index (χ4v) is 3.88. The van der Waals surface area contributed by atoms with Gasteiger partial charge in [0.25, 0.3) is 0 Å². The normalized spacial score (nSPS) is 16.9. The molecule has 0 fully saturated rings. The Hall–Kier alpha value is -1.81. The lowest BCUT2D eigenvalue weighted by molar-refractivity contribution is 0.0962. The Labute approximate surface area is 158 Å². The van der Waals surface area contributed by atoms with Gasteiger partial charge in [-0.05, 0) is 48.2 Å².